The lowest BCUT2D eigenvalue weighted by Gasteiger charge is -2.27. The second-order valence-electron chi connectivity index (χ2n) is 11.7. The standard InChI is InChI=1S/C31H36N2O4S/c1-9-37-28(36)24-18(2)32-29-33(25(24)20-13-11-10-12-14-20)27(35)23(38-29)17-19-15-21(30(3,4)5)26(34)22(16-19)31(6,7)8/h10-17,25,34H,9H2,1-8H3/t25-/m1/s1. The first kappa shape index (κ1) is 27.6. The number of benzene rings is 2. The number of fused-ring (bicyclic) bond motifs is 1. The van der Waals surface area contributed by atoms with Gasteiger partial charge >= 0.3 is 5.97 Å². The Morgan fingerprint density at radius 1 is 1.08 bits per heavy atom. The van der Waals surface area contributed by atoms with Crippen LogP contribution < -0.4 is 14.9 Å². The van der Waals surface area contributed by atoms with Crippen LogP contribution in [0.2, 0.25) is 0 Å². The number of hydrogen-bond acceptors (Lipinski definition) is 6. The molecule has 1 aliphatic heterocycles. The van der Waals surface area contributed by atoms with Crippen molar-refractivity contribution in [3.63, 3.8) is 0 Å². The summed E-state index contributed by atoms with van der Waals surface area (Å²) in [6.45, 7) is 16.1. The molecule has 2 aromatic carbocycles. The van der Waals surface area contributed by atoms with Gasteiger partial charge in [-0.15, -0.1) is 0 Å². The maximum atomic E-state index is 13.9. The van der Waals surface area contributed by atoms with Crippen molar-refractivity contribution in [2.75, 3.05) is 6.61 Å². The third kappa shape index (κ3) is 5.12. The molecule has 7 heteroatoms. The van der Waals surface area contributed by atoms with Gasteiger partial charge < -0.3 is 9.84 Å². The van der Waals surface area contributed by atoms with Gasteiger partial charge in [-0.25, -0.2) is 9.79 Å². The molecule has 0 saturated carbocycles. The van der Waals surface area contributed by atoms with Gasteiger partial charge in [0.15, 0.2) is 4.80 Å². The number of allylic oxidation sites excluding steroid dienone is 1. The van der Waals surface area contributed by atoms with E-state index in [9.17, 15) is 14.7 Å². The number of carbonyl (C=O) groups is 1. The van der Waals surface area contributed by atoms with Crippen LogP contribution in [0.5, 0.6) is 5.75 Å². The Morgan fingerprint density at radius 3 is 2.18 bits per heavy atom. The normalized spacial score (nSPS) is 16.3. The number of rotatable bonds is 4. The van der Waals surface area contributed by atoms with Gasteiger partial charge in [0.05, 0.1) is 28.5 Å². The number of phenols is 1. The van der Waals surface area contributed by atoms with E-state index in [1.807, 2.05) is 48.5 Å². The second-order valence-corrected chi connectivity index (χ2v) is 12.7. The highest BCUT2D eigenvalue weighted by atomic mass is 32.1. The summed E-state index contributed by atoms with van der Waals surface area (Å²) in [7, 11) is 0. The van der Waals surface area contributed by atoms with Gasteiger partial charge in [0, 0.05) is 11.1 Å². The van der Waals surface area contributed by atoms with Crippen LogP contribution in [-0.4, -0.2) is 22.2 Å². The molecule has 0 aliphatic carbocycles. The van der Waals surface area contributed by atoms with Crippen LogP contribution in [0.4, 0.5) is 0 Å². The minimum atomic E-state index is -0.635. The minimum Gasteiger partial charge on any atom is -0.507 e. The molecular formula is C31H36N2O4S. The first-order chi connectivity index (χ1) is 17.7. The van der Waals surface area contributed by atoms with Gasteiger partial charge in [-0.05, 0) is 54.0 Å². The Kier molecular flexibility index (Phi) is 7.28. The van der Waals surface area contributed by atoms with E-state index >= 15 is 0 Å². The molecule has 1 aromatic heterocycles. The van der Waals surface area contributed by atoms with Crippen molar-refractivity contribution in [3.05, 3.63) is 95.7 Å². The molecule has 0 saturated heterocycles. The van der Waals surface area contributed by atoms with E-state index in [4.69, 9.17) is 4.74 Å². The Bertz CT molecular complexity index is 1560. The average molecular weight is 533 g/mol. The molecule has 6 nitrogen and oxygen atoms in total. The van der Waals surface area contributed by atoms with Crippen LogP contribution in [0, 0.1) is 0 Å². The van der Waals surface area contributed by atoms with Crippen LogP contribution in [-0.2, 0) is 20.4 Å². The van der Waals surface area contributed by atoms with Gasteiger partial charge in [-0.1, -0.05) is 83.2 Å². The zero-order valence-corrected chi connectivity index (χ0v) is 24.2. The maximum absolute atomic E-state index is 13.9. The first-order valence-electron chi connectivity index (χ1n) is 12.9. The summed E-state index contributed by atoms with van der Waals surface area (Å²) in [6.07, 6.45) is 1.86. The van der Waals surface area contributed by atoms with E-state index < -0.39 is 12.0 Å². The molecule has 0 fully saturated rings. The highest BCUT2D eigenvalue weighted by Crippen LogP contribution is 2.40. The fourth-order valence-corrected chi connectivity index (χ4v) is 5.82. The molecule has 1 aliphatic rings. The van der Waals surface area contributed by atoms with E-state index in [1.54, 1.807) is 18.4 Å². The number of aromatic nitrogens is 1. The Morgan fingerprint density at radius 2 is 1.66 bits per heavy atom. The third-order valence-electron chi connectivity index (χ3n) is 6.68. The molecular weight excluding hydrogens is 496 g/mol. The van der Waals surface area contributed by atoms with Crippen LogP contribution in [0.3, 0.4) is 0 Å². The van der Waals surface area contributed by atoms with E-state index in [0.717, 1.165) is 22.3 Å². The van der Waals surface area contributed by atoms with E-state index in [0.29, 0.717) is 26.4 Å². The molecule has 1 atom stereocenters. The lowest BCUT2D eigenvalue weighted by atomic mass is 9.78. The van der Waals surface area contributed by atoms with Crippen molar-refractivity contribution in [1.29, 1.82) is 0 Å². The summed E-state index contributed by atoms with van der Waals surface area (Å²) < 4.78 is 7.47. The van der Waals surface area contributed by atoms with E-state index in [2.05, 4.69) is 46.5 Å². The Hall–Kier alpha value is -3.45. The molecule has 1 N–H and O–H groups in total. The lowest BCUT2D eigenvalue weighted by molar-refractivity contribution is -0.139. The van der Waals surface area contributed by atoms with Crippen molar-refractivity contribution in [1.82, 2.24) is 4.57 Å². The summed E-state index contributed by atoms with van der Waals surface area (Å²) in [5.74, 6) is -0.178. The van der Waals surface area contributed by atoms with Crippen LogP contribution >= 0.6 is 11.3 Å². The van der Waals surface area contributed by atoms with Crippen LogP contribution in [0.15, 0.2) is 63.5 Å². The summed E-state index contributed by atoms with van der Waals surface area (Å²) in [5.41, 5.74) is 3.40. The van der Waals surface area contributed by atoms with Crippen LogP contribution in [0.25, 0.3) is 6.08 Å². The summed E-state index contributed by atoms with van der Waals surface area (Å²) in [4.78, 5) is 32.1. The van der Waals surface area contributed by atoms with Gasteiger partial charge in [0.2, 0.25) is 0 Å². The van der Waals surface area contributed by atoms with E-state index in [1.165, 1.54) is 11.3 Å². The van der Waals surface area contributed by atoms with Gasteiger partial charge in [-0.3, -0.25) is 9.36 Å². The number of phenolic OH excluding ortho intramolecular Hbond substituents is 1. The molecule has 0 unspecified atom stereocenters. The number of carbonyl (C=O) groups excluding carboxylic acids is 1. The zero-order chi connectivity index (χ0) is 28.0. The Labute approximate surface area is 227 Å². The summed E-state index contributed by atoms with van der Waals surface area (Å²) >= 11 is 1.30. The maximum Gasteiger partial charge on any atom is 0.338 e. The molecule has 3 aromatic rings. The van der Waals surface area contributed by atoms with Gasteiger partial charge in [-0.2, -0.15) is 0 Å². The zero-order valence-electron chi connectivity index (χ0n) is 23.4. The van der Waals surface area contributed by atoms with Gasteiger partial charge in [0.25, 0.3) is 5.56 Å². The number of ether oxygens (including phenoxy) is 1. The number of hydrogen-bond donors (Lipinski definition) is 1. The second kappa shape index (κ2) is 10.0. The molecule has 0 amide bonds. The van der Waals surface area contributed by atoms with Crippen molar-refractivity contribution in [2.24, 2.45) is 4.99 Å². The molecule has 0 bridgehead atoms. The SMILES string of the molecule is CCOC(=O)C1=C(C)N=c2sc(=Cc3cc(C(C)(C)C)c(O)c(C(C)(C)C)c3)c(=O)n2[C@@H]1c1ccccc1. The molecule has 0 spiro atoms. The summed E-state index contributed by atoms with van der Waals surface area (Å²) in [6, 6.07) is 12.8. The average Bonchev–Trinajstić information content (AvgIpc) is 3.12. The Balaban J connectivity index is 1.99. The predicted octanol–water partition coefficient (Wildman–Crippen LogP) is 5.10. The monoisotopic (exact) mass is 532 g/mol. The third-order valence-corrected chi connectivity index (χ3v) is 7.66. The van der Waals surface area contributed by atoms with Crippen LogP contribution in [0.1, 0.15) is 83.7 Å². The largest absolute Gasteiger partial charge is 0.507 e. The number of nitrogens with zero attached hydrogens (tertiary/aromatic N) is 2. The fraction of sp³-hybridized carbons (Fsp3) is 0.387. The topological polar surface area (TPSA) is 80.9 Å². The fourth-order valence-electron chi connectivity index (χ4n) is 4.78. The number of thiazole rings is 1. The first-order valence-corrected chi connectivity index (χ1v) is 13.7. The molecule has 0 radical (unpaired) electrons. The highest BCUT2D eigenvalue weighted by molar-refractivity contribution is 7.07. The molecule has 38 heavy (non-hydrogen) atoms. The van der Waals surface area contributed by atoms with Crippen molar-refractivity contribution < 1.29 is 14.6 Å². The number of esters is 1. The molecule has 200 valence electrons. The predicted molar refractivity (Wildman–Crippen MR) is 152 cm³/mol. The van der Waals surface area contributed by atoms with Crippen molar-refractivity contribution in [2.45, 2.75) is 72.3 Å². The van der Waals surface area contributed by atoms with Gasteiger partial charge in [0.1, 0.15) is 5.75 Å². The number of aromatic hydroxyl groups is 1. The molecule has 4 rings (SSSR count). The quantitative estimate of drug-likeness (QED) is 0.474. The minimum absolute atomic E-state index is 0.223. The smallest absolute Gasteiger partial charge is 0.338 e. The van der Waals surface area contributed by atoms with Crippen molar-refractivity contribution >= 4 is 23.4 Å². The van der Waals surface area contributed by atoms with E-state index in [-0.39, 0.29) is 23.0 Å². The summed E-state index contributed by atoms with van der Waals surface area (Å²) in [5, 5.41) is 11.1. The van der Waals surface area contributed by atoms with Crippen molar-refractivity contribution in [3.8, 4) is 5.75 Å². The lowest BCUT2D eigenvalue weighted by Crippen LogP contribution is -2.39. The highest BCUT2D eigenvalue weighted by Gasteiger charge is 2.33. The molecule has 2 heterocycles.